The van der Waals surface area contributed by atoms with Gasteiger partial charge in [-0.25, -0.2) is 9.97 Å². The lowest BCUT2D eigenvalue weighted by atomic mass is 9.95. The Morgan fingerprint density at radius 1 is 0.875 bits per heavy atom. The molecule has 11 heteroatoms. The van der Waals surface area contributed by atoms with Crippen LogP contribution in [0.2, 0.25) is 0 Å². The van der Waals surface area contributed by atoms with Crippen molar-refractivity contribution < 1.29 is 13.2 Å². The van der Waals surface area contributed by atoms with Crippen LogP contribution in [0.15, 0.2) is 12.1 Å². The monoisotopic (exact) mass is 446 g/mol. The van der Waals surface area contributed by atoms with E-state index >= 15 is 0 Å². The van der Waals surface area contributed by atoms with Crippen molar-refractivity contribution in [3.63, 3.8) is 0 Å². The molecule has 8 nitrogen and oxygen atoms in total. The number of hydrogen-bond donors (Lipinski definition) is 0. The van der Waals surface area contributed by atoms with E-state index < -0.39 is 12.0 Å². The first-order chi connectivity index (χ1) is 15.1. The second kappa shape index (κ2) is 7.28. The third kappa shape index (κ3) is 3.63. The van der Waals surface area contributed by atoms with E-state index in [9.17, 15) is 13.2 Å². The Balaban J connectivity index is 1.39. The summed E-state index contributed by atoms with van der Waals surface area (Å²) in [6.07, 6.45) is -1.55. The van der Waals surface area contributed by atoms with Crippen LogP contribution in [0.1, 0.15) is 50.1 Å². The summed E-state index contributed by atoms with van der Waals surface area (Å²) in [7, 11) is 0. The van der Waals surface area contributed by atoms with Gasteiger partial charge in [0.2, 0.25) is 0 Å². The van der Waals surface area contributed by atoms with Crippen LogP contribution in [-0.2, 0) is 24.4 Å². The number of anilines is 2. The summed E-state index contributed by atoms with van der Waals surface area (Å²) in [6.45, 7) is 9.04. The molecule has 0 amide bonds. The Morgan fingerprint density at radius 3 is 2.28 bits per heavy atom. The molecular formula is C21H25F3N8. The molecule has 1 fully saturated rings. The zero-order valence-electron chi connectivity index (χ0n) is 18.3. The number of hydrogen-bond acceptors (Lipinski definition) is 7. The topological polar surface area (TPSA) is 75.3 Å². The first-order valence-corrected chi connectivity index (χ1v) is 10.8. The summed E-state index contributed by atoms with van der Waals surface area (Å²) in [5.41, 5.74) is 2.33. The van der Waals surface area contributed by atoms with E-state index in [1.165, 1.54) is 11.6 Å². The number of alkyl halides is 3. The van der Waals surface area contributed by atoms with Crippen LogP contribution in [0.3, 0.4) is 0 Å². The summed E-state index contributed by atoms with van der Waals surface area (Å²) >= 11 is 0. The van der Waals surface area contributed by atoms with Gasteiger partial charge < -0.3 is 9.80 Å². The summed E-state index contributed by atoms with van der Waals surface area (Å²) in [6, 6.07) is 3.21. The second-order valence-corrected chi connectivity index (χ2v) is 9.36. The largest absolute Gasteiger partial charge is 0.453 e. The van der Waals surface area contributed by atoms with Crippen molar-refractivity contribution in [1.82, 2.24) is 29.8 Å². The molecular weight excluding hydrogens is 421 g/mol. The van der Waals surface area contributed by atoms with Gasteiger partial charge in [-0.2, -0.15) is 17.7 Å². The molecule has 0 unspecified atom stereocenters. The third-order valence-corrected chi connectivity index (χ3v) is 5.99. The summed E-state index contributed by atoms with van der Waals surface area (Å²) in [5.74, 6) is 1.23. The Kier molecular flexibility index (Phi) is 4.75. The van der Waals surface area contributed by atoms with Gasteiger partial charge in [-0.1, -0.05) is 20.8 Å². The van der Waals surface area contributed by atoms with Gasteiger partial charge in [0.1, 0.15) is 17.5 Å². The minimum atomic E-state index is -4.61. The lowest BCUT2D eigenvalue weighted by Gasteiger charge is -2.37. The van der Waals surface area contributed by atoms with Crippen LogP contribution in [0.4, 0.5) is 24.8 Å². The number of halogens is 3. The van der Waals surface area contributed by atoms with Crippen LogP contribution in [0.25, 0.3) is 5.65 Å². The van der Waals surface area contributed by atoms with Crippen LogP contribution >= 0.6 is 0 Å². The Hall–Kier alpha value is -2.98. The van der Waals surface area contributed by atoms with E-state index in [2.05, 4.69) is 41.0 Å². The van der Waals surface area contributed by atoms with Gasteiger partial charge in [0.15, 0.2) is 5.65 Å². The van der Waals surface area contributed by atoms with Crippen molar-refractivity contribution in [1.29, 1.82) is 0 Å². The van der Waals surface area contributed by atoms with E-state index in [0.717, 1.165) is 41.1 Å². The predicted octanol–water partition coefficient (Wildman–Crippen LogP) is 3.05. The molecule has 0 spiro atoms. The van der Waals surface area contributed by atoms with Crippen molar-refractivity contribution in [2.24, 2.45) is 0 Å². The second-order valence-electron chi connectivity index (χ2n) is 9.36. The zero-order valence-corrected chi connectivity index (χ0v) is 18.3. The van der Waals surface area contributed by atoms with Crippen molar-refractivity contribution in [2.75, 3.05) is 36.0 Å². The molecule has 170 valence electrons. The predicted molar refractivity (Wildman–Crippen MR) is 113 cm³/mol. The molecule has 0 bridgehead atoms. The molecule has 1 saturated heterocycles. The molecule has 32 heavy (non-hydrogen) atoms. The Labute approximate surface area is 183 Å². The Morgan fingerprint density at radius 2 is 1.59 bits per heavy atom. The first-order valence-electron chi connectivity index (χ1n) is 10.8. The number of piperazine rings is 1. The molecule has 3 aromatic rings. The molecule has 1 aliphatic heterocycles. The lowest BCUT2D eigenvalue weighted by Crippen LogP contribution is -2.47. The zero-order chi connectivity index (χ0) is 22.7. The number of nitrogens with zero attached hydrogens (tertiary/aromatic N) is 8. The molecule has 0 aromatic carbocycles. The van der Waals surface area contributed by atoms with Gasteiger partial charge in [0, 0.05) is 42.9 Å². The van der Waals surface area contributed by atoms with Crippen molar-refractivity contribution in [3.8, 4) is 0 Å². The number of aromatic nitrogens is 6. The third-order valence-electron chi connectivity index (χ3n) is 5.99. The van der Waals surface area contributed by atoms with Gasteiger partial charge in [-0.05, 0) is 31.4 Å². The molecule has 5 rings (SSSR count). The smallest absolute Gasteiger partial charge is 0.353 e. The van der Waals surface area contributed by atoms with Gasteiger partial charge >= 0.3 is 6.18 Å². The molecule has 2 aliphatic rings. The SMILES string of the molecule is CC(C)(C)c1nc2c(c(N3CCN(c4ccc5nnc(C(F)(F)F)n5n4)CC3)n1)CCC2. The Bertz CT molecular complexity index is 1160. The average Bonchev–Trinajstić information content (AvgIpc) is 3.38. The van der Waals surface area contributed by atoms with Gasteiger partial charge in [-0.15, -0.1) is 15.3 Å². The minimum absolute atomic E-state index is 0.0750. The van der Waals surface area contributed by atoms with E-state index in [1.54, 1.807) is 6.07 Å². The van der Waals surface area contributed by atoms with Crippen molar-refractivity contribution in [2.45, 2.75) is 51.6 Å². The highest BCUT2D eigenvalue weighted by Crippen LogP contribution is 2.33. The van der Waals surface area contributed by atoms with Crippen molar-refractivity contribution >= 4 is 17.3 Å². The van der Waals surface area contributed by atoms with E-state index in [1.807, 2.05) is 4.90 Å². The molecule has 4 heterocycles. The standard InChI is InChI=1S/C21H25F3N8/c1-20(2,3)18-25-14-6-4-5-13(14)17(26-18)31-11-9-30(10-12-31)16-8-7-15-27-28-19(21(22,23)24)32(15)29-16/h7-8H,4-6,9-12H2,1-3H3. The van der Waals surface area contributed by atoms with Crippen molar-refractivity contribution in [3.05, 3.63) is 35.0 Å². The maximum atomic E-state index is 13.2. The quantitative estimate of drug-likeness (QED) is 0.599. The maximum absolute atomic E-state index is 13.2. The highest BCUT2D eigenvalue weighted by atomic mass is 19.4. The fourth-order valence-electron chi connectivity index (χ4n) is 4.28. The number of aryl methyl sites for hydroxylation is 1. The first kappa shape index (κ1) is 20.9. The summed E-state index contributed by atoms with van der Waals surface area (Å²) in [5, 5.41) is 11.0. The van der Waals surface area contributed by atoms with Gasteiger partial charge in [0.25, 0.3) is 5.82 Å². The van der Waals surface area contributed by atoms with Crippen LogP contribution < -0.4 is 9.80 Å². The molecule has 1 aliphatic carbocycles. The molecule has 0 N–H and O–H groups in total. The highest BCUT2D eigenvalue weighted by Gasteiger charge is 2.38. The molecule has 0 saturated carbocycles. The van der Waals surface area contributed by atoms with Gasteiger partial charge in [-0.3, -0.25) is 0 Å². The molecule has 3 aromatic heterocycles. The van der Waals surface area contributed by atoms with E-state index in [0.29, 0.717) is 32.0 Å². The molecule has 0 radical (unpaired) electrons. The maximum Gasteiger partial charge on any atom is 0.453 e. The van der Waals surface area contributed by atoms with E-state index in [-0.39, 0.29) is 11.1 Å². The van der Waals surface area contributed by atoms with Crippen LogP contribution in [-0.4, -0.2) is 56.0 Å². The van der Waals surface area contributed by atoms with Crippen LogP contribution in [0, 0.1) is 0 Å². The number of rotatable bonds is 2. The van der Waals surface area contributed by atoms with Crippen LogP contribution in [0.5, 0.6) is 0 Å². The normalized spacial score (nSPS) is 17.3. The number of fused-ring (bicyclic) bond motifs is 2. The summed E-state index contributed by atoms with van der Waals surface area (Å²) in [4.78, 5) is 14.0. The summed E-state index contributed by atoms with van der Waals surface area (Å²) < 4.78 is 40.4. The fraction of sp³-hybridized carbons (Fsp3) is 0.571. The minimum Gasteiger partial charge on any atom is -0.353 e. The fourth-order valence-corrected chi connectivity index (χ4v) is 4.28. The molecule has 0 atom stereocenters. The average molecular weight is 446 g/mol. The highest BCUT2D eigenvalue weighted by molar-refractivity contribution is 5.54. The van der Waals surface area contributed by atoms with E-state index in [4.69, 9.17) is 9.97 Å². The van der Waals surface area contributed by atoms with Gasteiger partial charge in [0.05, 0.1) is 0 Å². The lowest BCUT2D eigenvalue weighted by molar-refractivity contribution is -0.146.